The number of hydrogen-bond donors (Lipinski definition) is 2. The average Bonchev–Trinajstić information content (AvgIpc) is 2.17. The second kappa shape index (κ2) is 6.03. The monoisotopic (exact) mass is 257 g/mol. The zero-order valence-electron chi connectivity index (χ0n) is 10.4. The van der Waals surface area contributed by atoms with Gasteiger partial charge in [-0.05, 0) is 23.0 Å². The Labute approximate surface area is 108 Å². The summed E-state index contributed by atoms with van der Waals surface area (Å²) in [4.78, 5) is 10.6. The number of hydrogen-bond acceptors (Lipinski definition) is 2. The summed E-state index contributed by atoms with van der Waals surface area (Å²) in [7, 11) is 0. The van der Waals surface area contributed by atoms with Crippen LogP contribution < -0.4 is 5.73 Å². The van der Waals surface area contributed by atoms with Crippen molar-refractivity contribution in [3.63, 3.8) is 0 Å². The maximum absolute atomic E-state index is 10.6. The molecule has 0 spiro atoms. The van der Waals surface area contributed by atoms with Gasteiger partial charge in [0.25, 0.3) is 0 Å². The number of carbonyl (C=O) groups is 1. The first-order valence-electron chi connectivity index (χ1n) is 5.38. The third-order valence-corrected chi connectivity index (χ3v) is 2.59. The van der Waals surface area contributed by atoms with Crippen molar-refractivity contribution >= 4 is 18.4 Å². The summed E-state index contributed by atoms with van der Waals surface area (Å²) in [5.41, 5.74) is 7.79. The molecule has 0 heterocycles. The van der Waals surface area contributed by atoms with Crippen LogP contribution in [0, 0.1) is 0 Å². The lowest BCUT2D eigenvalue weighted by atomic mass is 9.86. The molecule has 3 nitrogen and oxygen atoms in total. The van der Waals surface area contributed by atoms with E-state index in [-0.39, 0.29) is 17.8 Å². The molecule has 1 aromatic rings. The first-order chi connectivity index (χ1) is 7.30. The predicted octanol–water partition coefficient (Wildman–Crippen LogP) is 2.36. The summed E-state index contributed by atoms with van der Waals surface area (Å²) in [5, 5.41) is 8.70. The molecule has 1 rings (SSSR count). The van der Waals surface area contributed by atoms with E-state index >= 15 is 0 Å². The molecule has 0 saturated heterocycles. The van der Waals surface area contributed by atoms with Gasteiger partial charge in [0.2, 0.25) is 0 Å². The molecule has 0 bridgehead atoms. The summed E-state index contributed by atoms with van der Waals surface area (Å²) in [6.45, 7) is 6.43. The fourth-order valence-corrected chi connectivity index (χ4v) is 1.48. The van der Waals surface area contributed by atoms with Crippen LogP contribution in [-0.2, 0) is 16.6 Å². The van der Waals surface area contributed by atoms with Crippen molar-refractivity contribution in [3.05, 3.63) is 35.4 Å². The summed E-state index contributed by atoms with van der Waals surface area (Å²) < 4.78 is 0. The summed E-state index contributed by atoms with van der Waals surface area (Å²) in [6.07, 6.45) is 0.375. The van der Waals surface area contributed by atoms with Gasteiger partial charge >= 0.3 is 5.97 Å². The molecule has 0 amide bonds. The van der Waals surface area contributed by atoms with Crippen LogP contribution in [0.3, 0.4) is 0 Å². The SMILES string of the molecule is CC(C)(C)c1ccc(CC(N)C(=O)O)cc1.Cl. The van der Waals surface area contributed by atoms with Crippen LogP contribution in [0.25, 0.3) is 0 Å². The summed E-state index contributed by atoms with van der Waals surface area (Å²) >= 11 is 0. The highest BCUT2D eigenvalue weighted by molar-refractivity contribution is 5.85. The molecular formula is C13H20ClNO2. The fraction of sp³-hybridized carbons (Fsp3) is 0.462. The highest BCUT2D eigenvalue weighted by Gasteiger charge is 2.15. The van der Waals surface area contributed by atoms with Gasteiger partial charge in [0.1, 0.15) is 6.04 Å². The first-order valence-corrected chi connectivity index (χ1v) is 5.38. The van der Waals surface area contributed by atoms with Crippen LogP contribution in [0.15, 0.2) is 24.3 Å². The van der Waals surface area contributed by atoms with Gasteiger partial charge in [-0.3, -0.25) is 4.79 Å². The molecule has 1 atom stereocenters. The first kappa shape index (κ1) is 15.9. The van der Waals surface area contributed by atoms with Gasteiger partial charge < -0.3 is 10.8 Å². The minimum atomic E-state index is -0.958. The minimum Gasteiger partial charge on any atom is -0.480 e. The number of aliphatic carboxylic acids is 1. The molecule has 4 heteroatoms. The van der Waals surface area contributed by atoms with E-state index in [0.717, 1.165) is 5.56 Å². The molecule has 0 fully saturated rings. The van der Waals surface area contributed by atoms with Crippen molar-refractivity contribution in [3.8, 4) is 0 Å². The van der Waals surface area contributed by atoms with E-state index in [1.807, 2.05) is 24.3 Å². The third-order valence-electron chi connectivity index (χ3n) is 2.59. The van der Waals surface area contributed by atoms with Gasteiger partial charge in [-0.2, -0.15) is 0 Å². The molecule has 0 aliphatic carbocycles. The number of carboxylic acid groups (broad SMARTS) is 1. The number of rotatable bonds is 3. The van der Waals surface area contributed by atoms with Crippen LogP contribution in [0.2, 0.25) is 0 Å². The Kier molecular flexibility index (Phi) is 5.66. The molecule has 0 radical (unpaired) electrons. The lowest BCUT2D eigenvalue weighted by Gasteiger charge is -2.19. The van der Waals surface area contributed by atoms with Gasteiger partial charge in [-0.15, -0.1) is 12.4 Å². The number of carboxylic acids is 1. The van der Waals surface area contributed by atoms with E-state index < -0.39 is 12.0 Å². The summed E-state index contributed by atoms with van der Waals surface area (Å²) in [5.74, 6) is -0.958. The van der Waals surface area contributed by atoms with E-state index in [0.29, 0.717) is 6.42 Å². The highest BCUT2D eigenvalue weighted by atomic mass is 35.5. The van der Waals surface area contributed by atoms with E-state index in [1.54, 1.807) is 0 Å². The van der Waals surface area contributed by atoms with Crippen LogP contribution in [-0.4, -0.2) is 17.1 Å². The lowest BCUT2D eigenvalue weighted by Crippen LogP contribution is -2.32. The van der Waals surface area contributed by atoms with Crippen molar-refractivity contribution in [2.45, 2.75) is 38.6 Å². The van der Waals surface area contributed by atoms with Crippen molar-refractivity contribution < 1.29 is 9.90 Å². The van der Waals surface area contributed by atoms with E-state index in [1.165, 1.54) is 5.56 Å². The van der Waals surface area contributed by atoms with Gasteiger partial charge in [0.05, 0.1) is 0 Å². The smallest absolute Gasteiger partial charge is 0.320 e. The Morgan fingerprint density at radius 3 is 2.12 bits per heavy atom. The maximum atomic E-state index is 10.6. The summed E-state index contributed by atoms with van der Waals surface area (Å²) in [6, 6.07) is 7.14. The van der Waals surface area contributed by atoms with Crippen molar-refractivity contribution in [2.75, 3.05) is 0 Å². The Hall–Kier alpha value is -1.06. The van der Waals surface area contributed by atoms with E-state index in [9.17, 15) is 4.79 Å². The molecule has 17 heavy (non-hydrogen) atoms. The molecule has 0 aliphatic rings. The van der Waals surface area contributed by atoms with Gasteiger partial charge in [0, 0.05) is 0 Å². The maximum Gasteiger partial charge on any atom is 0.320 e. The largest absolute Gasteiger partial charge is 0.480 e. The standard InChI is InChI=1S/C13H19NO2.ClH/c1-13(2,3)10-6-4-9(5-7-10)8-11(14)12(15)16;/h4-7,11H,8,14H2,1-3H3,(H,15,16);1H. The zero-order chi connectivity index (χ0) is 12.3. The number of halogens is 1. The highest BCUT2D eigenvalue weighted by Crippen LogP contribution is 2.22. The van der Waals surface area contributed by atoms with Crippen LogP contribution >= 0.6 is 12.4 Å². The predicted molar refractivity (Wildman–Crippen MR) is 71.7 cm³/mol. The van der Waals surface area contributed by atoms with Gasteiger partial charge in [0.15, 0.2) is 0 Å². The van der Waals surface area contributed by atoms with Gasteiger partial charge in [-0.1, -0.05) is 45.0 Å². The average molecular weight is 258 g/mol. The second-order valence-corrected chi connectivity index (χ2v) is 5.10. The van der Waals surface area contributed by atoms with Crippen molar-refractivity contribution in [1.82, 2.24) is 0 Å². The normalized spacial score (nSPS) is 12.7. The van der Waals surface area contributed by atoms with Crippen LogP contribution in [0.1, 0.15) is 31.9 Å². The van der Waals surface area contributed by atoms with E-state index in [4.69, 9.17) is 10.8 Å². The minimum absolute atomic E-state index is 0. The molecule has 1 aromatic carbocycles. The Bertz CT molecular complexity index is 368. The second-order valence-electron chi connectivity index (χ2n) is 5.10. The molecule has 0 saturated carbocycles. The zero-order valence-corrected chi connectivity index (χ0v) is 11.3. The lowest BCUT2D eigenvalue weighted by molar-refractivity contribution is -0.138. The van der Waals surface area contributed by atoms with Crippen molar-refractivity contribution in [2.24, 2.45) is 5.73 Å². The number of benzene rings is 1. The van der Waals surface area contributed by atoms with Gasteiger partial charge in [-0.25, -0.2) is 0 Å². The van der Waals surface area contributed by atoms with Crippen LogP contribution in [0.4, 0.5) is 0 Å². The van der Waals surface area contributed by atoms with E-state index in [2.05, 4.69) is 20.8 Å². The number of nitrogens with two attached hydrogens (primary N) is 1. The third kappa shape index (κ3) is 4.75. The topological polar surface area (TPSA) is 63.3 Å². The van der Waals surface area contributed by atoms with Crippen LogP contribution in [0.5, 0.6) is 0 Å². The molecule has 0 aromatic heterocycles. The van der Waals surface area contributed by atoms with Crippen molar-refractivity contribution in [1.29, 1.82) is 0 Å². The molecule has 96 valence electrons. The quantitative estimate of drug-likeness (QED) is 0.874. The molecule has 0 aliphatic heterocycles. The molecule has 1 unspecified atom stereocenters. The Morgan fingerprint density at radius 2 is 1.76 bits per heavy atom. The Balaban J connectivity index is 0.00000256. The Morgan fingerprint density at radius 1 is 1.29 bits per heavy atom. The molecular weight excluding hydrogens is 238 g/mol. The fourth-order valence-electron chi connectivity index (χ4n) is 1.48. The molecule has 3 N–H and O–H groups in total.